The molecule has 0 heterocycles. The number of benzene rings is 3. The summed E-state index contributed by atoms with van der Waals surface area (Å²) in [5.41, 5.74) is 6.01. The lowest BCUT2D eigenvalue weighted by Gasteiger charge is -2.08. The van der Waals surface area contributed by atoms with Crippen LogP contribution in [0.2, 0.25) is 0 Å². The Kier molecular flexibility index (Phi) is 6.54. The second-order valence-electron chi connectivity index (χ2n) is 6.48. The summed E-state index contributed by atoms with van der Waals surface area (Å²) in [5.74, 6) is -0.560. The van der Waals surface area contributed by atoms with E-state index in [1.807, 2.05) is 66.7 Å². The van der Waals surface area contributed by atoms with Crippen molar-refractivity contribution in [2.75, 3.05) is 6.54 Å². The number of nitrogens with one attached hydrogen (secondary N) is 2. The molecule has 3 aromatic rings. The average molecular weight is 374 g/mol. The maximum absolute atomic E-state index is 12.2. The summed E-state index contributed by atoms with van der Waals surface area (Å²) in [4.78, 5) is 23.6. The van der Waals surface area contributed by atoms with Gasteiger partial charge in [0.15, 0.2) is 0 Å². The van der Waals surface area contributed by atoms with Crippen molar-refractivity contribution < 1.29 is 14.8 Å². The van der Waals surface area contributed by atoms with Gasteiger partial charge >= 0.3 is 0 Å². The van der Waals surface area contributed by atoms with Crippen LogP contribution in [0.3, 0.4) is 0 Å². The summed E-state index contributed by atoms with van der Waals surface area (Å²) in [6.07, 6.45) is 1.12. The zero-order chi connectivity index (χ0) is 19.8. The highest BCUT2D eigenvalue weighted by Gasteiger charge is 2.07. The molecule has 0 atom stereocenters. The van der Waals surface area contributed by atoms with E-state index in [1.165, 1.54) is 5.56 Å². The first kappa shape index (κ1) is 19.3. The van der Waals surface area contributed by atoms with E-state index in [1.54, 1.807) is 17.6 Å². The van der Waals surface area contributed by atoms with Crippen molar-refractivity contribution >= 4 is 11.8 Å². The Morgan fingerprint density at radius 1 is 0.786 bits per heavy atom. The van der Waals surface area contributed by atoms with E-state index in [2.05, 4.69) is 5.32 Å². The zero-order valence-corrected chi connectivity index (χ0v) is 15.4. The van der Waals surface area contributed by atoms with Crippen LogP contribution in [-0.4, -0.2) is 23.6 Å². The minimum Gasteiger partial charge on any atom is -0.355 e. The molecule has 0 spiro atoms. The lowest BCUT2D eigenvalue weighted by molar-refractivity contribution is -0.120. The molecule has 5 nitrogen and oxygen atoms in total. The van der Waals surface area contributed by atoms with Gasteiger partial charge in [0.25, 0.3) is 5.91 Å². The van der Waals surface area contributed by atoms with Gasteiger partial charge in [-0.3, -0.25) is 14.8 Å². The zero-order valence-electron chi connectivity index (χ0n) is 15.4. The molecule has 3 N–H and O–H groups in total. The Balaban J connectivity index is 1.58. The third kappa shape index (κ3) is 5.28. The first-order valence-corrected chi connectivity index (χ1v) is 9.10. The van der Waals surface area contributed by atoms with Gasteiger partial charge in [-0.1, -0.05) is 66.7 Å². The minimum absolute atomic E-state index is 0.0111. The van der Waals surface area contributed by atoms with Crippen molar-refractivity contribution in [3.63, 3.8) is 0 Å². The summed E-state index contributed by atoms with van der Waals surface area (Å²) in [6, 6.07) is 24.7. The highest BCUT2D eigenvalue weighted by Crippen LogP contribution is 2.21. The van der Waals surface area contributed by atoms with Crippen LogP contribution in [0.15, 0.2) is 78.9 Å². The predicted molar refractivity (Wildman–Crippen MR) is 108 cm³/mol. The van der Waals surface area contributed by atoms with Crippen LogP contribution in [0.25, 0.3) is 11.1 Å². The molecule has 0 unspecified atom stereocenters. The predicted octanol–water partition coefficient (Wildman–Crippen LogP) is 3.37. The topological polar surface area (TPSA) is 78.4 Å². The average Bonchev–Trinajstić information content (AvgIpc) is 2.74. The van der Waals surface area contributed by atoms with E-state index < -0.39 is 5.91 Å². The van der Waals surface area contributed by atoms with E-state index in [9.17, 15) is 9.59 Å². The van der Waals surface area contributed by atoms with Crippen LogP contribution in [0.4, 0.5) is 0 Å². The van der Waals surface area contributed by atoms with E-state index in [0.29, 0.717) is 18.5 Å². The number of hydroxylamine groups is 1. The highest BCUT2D eigenvalue weighted by atomic mass is 16.5. The van der Waals surface area contributed by atoms with Crippen molar-refractivity contribution in [1.29, 1.82) is 0 Å². The van der Waals surface area contributed by atoms with Gasteiger partial charge in [0, 0.05) is 12.1 Å². The normalized spacial score (nSPS) is 10.3. The van der Waals surface area contributed by atoms with Gasteiger partial charge in [0.05, 0.1) is 6.42 Å². The van der Waals surface area contributed by atoms with Gasteiger partial charge in [-0.2, -0.15) is 0 Å². The van der Waals surface area contributed by atoms with Crippen molar-refractivity contribution in [3.8, 4) is 11.1 Å². The molecule has 0 fully saturated rings. The molecule has 3 rings (SSSR count). The molecular formula is C23H22N2O3. The van der Waals surface area contributed by atoms with Gasteiger partial charge in [0.1, 0.15) is 0 Å². The van der Waals surface area contributed by atoms with Gasteiger partial charge in [0.2, 0.25) is 5.91 Å². The molecular weight excluding hydrogens is 352 g/mol. The largest absolute Gasteiger partial charge is 0.355 e. The Labute approximate surface area is 164 Å². The fourth-order valence-electron chi connectivity index (χ4n) is 2.98. The molecule has 2 amide bonds. The van der Waals surface area contributed by atoms with Gasteiger partial charge < -0.3 is 5.32 Å². The number of carbonyl (C=O) groups is 2. The van der Waals surface area contributed by atoms with Crippen LogP contribution < -0.4 is 10.8 Å². The summed E-state index contributed by atoms with van der Waals surface area (Å²) < 4.78 is 0. The number of amides is 2. The fraction of sp³-hybridized carbons (Fsp3) is 0.130. The van der Waals surface area contributed by atoms with Crippen molar-refractivity contribution in [2.45, 2.75) is 12.8 Å². The molecule has 28 heavy (non-hydrogen) atoms. The number of hydrogen-bond acceptors (Lipinski definition) is 3. The third-order valence-corrected chi connectivity index (χ3v) is 4.45. The molecule has 0 saturated carbocycles. The molecule has 0 aliphatic heterocycles. The van der Waals surface area contributed by atoms with E-state index in [4.69, 9.17) is 5.21 Å². The smallest absolute Gasteiger partial charge is 0.274 e. The van der Waals surface area contributed by atoms with Crippen LogP contribution in [0, 0.1) is 0 Å². The maximum Gasteiger partial charge on any atom is 0.274 e. The highest BCUT2D eigenvalue weighted by molar-refractivity contribution is 5.93. The molecule has 5 heteroatoms. The number of hydrogen-bond donors (Lipinski definition) is 3. The van der Waals surface area contributed by atoms with E-state index in [-0.39, 0.29) is 5.91 Å². The second kappa shape index (κ2) is 9.48. The lowest BCUT2D eigenvalue weighted by atomic mass is 10.0. The van der Waals surface area contributed by atoms with Crippen LogP contribution in [-0.2, 0) is 17.6 Å². The quantitative estimate of drug-likeness (QED) is 0.438. The Morgan fingerprint density at radius 3 is 2.21 bits per heavy atom. The monoisotopic (exact) mass is 374 g/mol. The summed E-state index contributed by atoms with van der Waals surface area (Å²) >= 11 is 0. The van der Waals surface area contributed by atoms with Crippen LogP contribution in [0.5, 0.6) is 0 Å². The maximum atomic E-state index is 12.2. The first-order chi connectivity index (χ1) is 13.7. The molecule has 0 radical (unpaired) electrons. The Bertz CT molecular complexity index is 938. The van der Waals surface area contributed by atoms with E-state index >= 15 is 0 Å². The lowest BCUT2D eigenvalue weighted by Crippen LogP contribution is -2.27. The van der Waals surface area contributed by atoms with Crippen LogP contribution >= 0.6 is 0 Å². The van der Waals surface area contributed by atoms with Gasteiger partial charge in [-0.05, 0) is 40.8 Å². The molecule has 0 aliphatic rings. The molecule has 0 aromatic heterocycles. The summed E-state index contributed by atoms with van der Waals surface area (Å²) in [7, 11) is 0. The standard InChI is InChI=1S/C23H22N2O3/c26-22(24-14-13-17-5-2-1-3-6-17)16-18-7-4-8-21(15-18)19-9-11-20(12-10-19)23(27)25-28/h1-12,15,28H,13-14,16H2,(H,24,26)(H,25,27). The molecule has 0 bridgehead atoms. The minimum atomic E-state index is -0.549. The van der Waals surface area contributed by atoms with Crippen molar-refractivity contribution in [1.82, 2.24) is 10.8 Å². The first-order valence-electron chi connectivity index (χ1n) is 9.10. The van der Waals surface area contributed by atoms with E-state index in [0.717, 1.165) is 23.1 Å². The van der Waals surface area contributed by atoms with Crippen molar-refractivity contribution in [2.24, 2.45) is 0 Å². The van der Waals surface area contributed by atoms with Gasteiger partial charge in [-0.25, -0.2) is 5.48 Å². The molecule has 142 valence electrons. The van der Waals surface area contributed by atoms with Crippen molar-refractivity contribution in [3.05, 3.63) is 95.6 Å². The summed E-state index contributed by atoms with van der Waals surface area (Å²) in [5, 5.41) is 11.6. The third-order valence-electron chi connectivity index (χ3n) is 4.45. The van der Waals surface area contributed by atoms with Crippen LogP contribution in [0.1, 0.15) is 21.5 Å². The number of rotatable bonds is 7. The number of carbonyl (C=O) groups excluding carboxylic acids is 2. The molecule has 3 aromatic carbocycles. The Hall–Kier alpha value is -3.44. The molecule has 0 aliphatic carbocycles. The Morgan fingerprint density at radius 2 is 1.50 bits per heavy atom. The second-order valence-corrected chi connectivity index (χ2v) is 6.48. The fourth-order valence-corrected chi connectivity index (χ4v) is 2.98. The SMILES string of the molecule is O=C(Cc1cccc(-c2ccc(C(=O)NO)cc2)c1)NCCc1ccccc1. The molecule has 0 saturated heterocycles. The van der Waals surface area contributed by atoms with Gasteiger partial charge in [-0.15, -0.1) is 0 Å². The summed E-state index contributed by atoms with van der Waals surface area (Å²) in [6.45, 7) is 0.608.